The van der Waals surface area contributed by atoms with E-state index in [-0.39, 0.29) is 6.61 Å². The molecule has 0 radical (unpaired) electrons. The molecule has 0 amide bonds. The van der Waals surface area contributed by atoms with Crippen molar-refractivity contribution in [1.29, 1.82) is 0 Å². The molecule has 1 aliphatic rings. The SMILES string of the molecule is CC1(C)[C@H](C(=O)OCc2ccccc2)[C@@H]1C=C(F)C(=O)OCC(F)F. The molecule has 0 aromatic heterocycles. The van der Waals surface area contributed by atoms with Crippen LogP contribution in [0, 0.1) is 17.3 Å². The number of hydrogen-bond donors (Lipinski definition) is 0. The quantitative estimate of drug-likeness (QED) is 0.553. The normalized spacial score (nSPS) is 21.8. The fourth-order valence-corrected chi connectivity index (χ4v) is 2.69. The molecule has 25 heavy (non-hydrogen) atoms. The van der Waals surface area contributed by atoms with E-state index in [4.69, 9.17) is 4.74 Å². The van der Waals surface area contributed by atoms with Crippen LogP contribution in [-0.4, -0.2) is 25.0 Å². The Kier molecular flexibility index (Phi) is 5.87. The number of carbonyl (C=O) groups excluding carboxylic acids is 2. The Morgan fingerprint density at radius 2 is 1.84 bits per heavy atom. The van der Waals surface area contributed by atoms with E-state index in [1.54, 1.807) is 26.0 Å². The third kappa shape index (κ3) is 4.84. The molecule has 0 heterocycles. The molecule has 0 bridgehead atoms. The molecule has 0 unspecified atom stereocenters. The lowest BCUT2D eigenvalue weighted by Crippen LogP contribution is -2.12. The molecule has 1 aliphatic carbocycles. The van der Waals surface area contributed by atoms with Crippen molar-refractivity contribution in [3.05, 3.63) is 47.8 Å². The molecule has 2 atom stereocenters. The topological polar surface area (TPSA) is 52.6 Å². The van der Waals surface area contributed by atoms with Crippen LogP contribution in [0.15, 0.2) is 42.2 Å². The molecule has 1 fully saturated rings. The Hall–Kier alpha value is -2.31. The van der Waals surface area contributed by atoms with Crippen LogP contribution in [-0.2, 0) is 25.7 Å². The number of hydrogen-bond acceptors (Lipinski definition) is 4. The minimum Gasteiger partial charge on any atom is -0.461 e. The van der Waals surface area contributed by atoms with Crippen LogP contribution in [0.3, 0.4) is 0 Å². The number of halogens is 3. The van der Waals surface area contributed by atoms with Crippen LogP contribution in [0.5, 0.6) is 0 Å². The summed E-state index contributed by atoms with van der Waals surface area (Å²) in [6.45, 7) is 2.40. The van der Waals surface area contributed by atoms with E-state index in [2.05, 4.69) is 4.74 Å². The fourth-order valence-electron chi connectivity index (χ4n) is 2.69. The van der Waals surface area contributed by atoms with Crippen molar-refractivity contribution in [2.45, 2.75) is 26.9 Å². The molecule has 0 saturated heterocycles. The maximum Gasteiger partial charge on any atom is 0.367 e. The maximum atomic E-state index is 13.8. The highest BCUT2D eigenvalue weighted by molar-refractivity contribution is 5.87. The number of rotatable bonds is 7. The van der Waals surface area contributed by atoms with Crippen LogP contribution in [0.25, 0.3) is 0 Å². The van der Waals surface area contributed by atoms with Crippen LogP contribution in [0.1, 0.15) is 19.4 Å². The Morgan fingerprint density at radius 3 is 2.44 bits per heavy atom. The van der Waals surface area contributed by atoms with Crippen molar-refractivity contribution in [3.63, 3.8) is 0 Å². The van der Waals surface area contributed by atoms with Gasteiger partial charge in [0.15, 0.2) is 6.61 Å². The van der Waals surface area contributed by atoms with Gasteiger partial charge in [0, 0.05) is 0 Å². The highest BCUT2D eigenvalue weighted by atomic mass is 19.3. The zero-order valence-corrected chi connectivity index (χ0v) is 13.9. The first-order chi connectivity index (χ1) is 11.7. The van der Waals surface area contributed by atoms with E-state index < -0.39 is 48.0 Å². The second-order valence-electron chi connectivity index (χ2n) is 6.42. The van der Waals surface area contributed by atoms with E-state index in [1.807, 2.05) is 18.2 Å². The summed E-state index contributed by atoms with van der Waals surface area (Å²) in [5.41, 5.74) is 0.233. The minimum atomic E-state index is -2.87. The molecule has 0 spiro atoms. The lowest BCUT2D eigenvalue weighted by molar-refractivity contribution is -0.147. The van der Waals surface area contributed by atoms with Crippen LogP contribution < -0.4 is 0 Å². The first-order valence-corrected chi connectivity index (χ1v) is 7.76. The van der Waals surface area contributed by atoms with Gasteiger partial charge in [-0.15, -0.1) is 0 Å². The molecule has 136 valence electrons. The molecular formula is C18H19F3O4. The fraction of sp³-hybridized carbons (Fsp3) is 0.444. The number of benzene rings is 1. The average molecular weight is 356 g/mol. The smallest absolute Gasteiger partial charge is 0.367 e. The van der Waals surface area contributed by atoms with E-state index in [0.717, 1.165) is 11.6 Å². The number of allylic oxidation sites excluding steroid dienone is 1. The summed E-state index contributed by atoms with van der Waals surface area (Å²) in [4.78, 5) is 23.5. The van der Waals surface area contributed by atoms with Crippen molar-refractivity contribution in [1.82, 2.24) is 0 Å². The van der Waals surface area contributed by atoms with E-state index >= 15 is 0 Å². The van der Waals surface area contributed by atoms with Gasteiger partial charge in [0.25, 0.3) is 6.43 Å². The predicted molar refractivity (Wildman–Crippen MR) is 83.2 cm³/mol. The van der Waals surface area contributed by atoms with Gasteiger partial charge in [0.1, 0.15) is 6.61 Å². The highest BCUT2D eigenvalue weighted by Crippen LogP contribution is 2.60. The van der Waals surface area contributed by atoms with E-state index in [1.165, 1.54) is 0 Å². The first-order valence-electron chi connectivity index (χ1n) is 7.76. The van der Waals surface area contributed by atoms with E-state index in [9.17, 15) is 22.8 Å². The molecule has 1 aromatic rings. The molecule has 4 nitrogen and oxygen atoms in total. The lowest BCUT2D eigenvalue weighted by atomic mass is 10.1. The van der Waals surface area contributed by atoms with Gasteiger partial charge in [0.05, 0.1) is 5.92 Å². The van der Waals surface area contributed by atoms with Crippen molar-refractivity contribution >= 4 is 11.9 Å². The molecular weight excluding hydrogens is 337 g/mol. The first kappa shape index (κ1) is 19.0. The van der Waals surface area contributed by atoms with Crippen molar-refractivity contribution < 1.29 is 32.2 Å². The van der Waals surface area contributed by atoms with Crippen LogP contribution in [0.4, 0.5) is 13.2 Å². The molecule has 7 heteroatoms. The van der Waals surface area contributed by atoms with Crippen molar-refractivity contribution in [2.75, 3.05) is 6.61 Å². The monoisotopic (exact) mass is 356 g/mol. The van der Waals surface area contributed by atoms with Gasteiger partial charge < -0.3 is 9.47 Å². The Labute approximate surface area is 143 Å². The van der Waals surface area contributed by atoms with Gasteiger partial charge in [0.2, 0.25) is 5.83 Å². The Bertz CT molecular complexity index is 656. The molecule has 0 aliphatic heterocycles. The van der Waals surface area contributed by atoms with Gasteiger partial charge in [-0.25, -0.2) is 13.6 Å². The summed E-state index contributed by atoms with van der Waals surface area (Å²) in [5, 5.41) is 0. The highest BCUT2D eigenvalue weighted by Gasteiger charge is 2.62. The largest absolute Gasteiger partial charge is 0.461 e. The second kappa shape index (κ2) is 7.72. The van der Waals surface area contributed by atoms with Gasteiger partial charge in [-0.05, 0) is 23.0 Å². The zero-order valence-electron chi connectivity index (χ0n) is 13.9. The standard InChI is InChI=1S/C18H19F3O4/c1-18(2)12(8-13(19)16(22)25-10-14(20)21)15(18)17(23)24-9-11-6-4-3-5-7-11/h3-8,12,14-15H,9-10H2,1-2H3/t12-,15-/m0/s1. The van der Waals surface area contributed by atoms with Crippen molar-refractivity contribution in [3.8, 4) is 0 Å². The number of esters is 2. The van der Waals surface area contributed by atoms with Gasteiger partial charge in [-0.2, -0.15) is 4.39 Å². The molecule has 0 N–H and O–H groups in total. The minimum absolute atomic E-state index is 0.0988. The number of ether oxygens (including phenoxy) is 2. The summed E-state index contributed by atoms with van der Waals surface area (Å²) in [6.07, 6.45) is -1.92. The Morgan fingerprint density at radius 1 is 1.20 bits per heavy atom. The number of alkyl halides is 2. The third-order valence-electron chi connectivity index (χ3n) is 4.25. The summed E-state index contributed by atoms with van der Waals surface area (Å²) in [6, 6.07) is 9.08. The molecule has 1 saturated carbocycles. The maximum absolute atomic E-state index is 13.8. The zero-order chi connectivity index (χ0) is 18.6. The van der Waals surface area contributed by atoms with Gasteiger partial charge in [-0.1, -0.05) is 44.2 Å². The summed E-state index contributed by atoms with van der Waals surface area (Å²) in [5.74, 6) is -4.40. The molecule has 1 aromatic carbocycles. The summed E-state index contributed by atoms with van der Waals surface area (Å²) in [7, 11) is 0. The lowest BCUT2D eigenvalue weighted by Gasteiger charge is -2.05. The molecule has 2 rings (SSSR count). The number of carbonyl (C=O) groups is 2. The average Bonchev–Trinajstić information content (AvgIpc) is 3.11. The second-order valence-corrected chi connectivity index (χ2v) is 6.42. The summed E-state index contributed by atoms with van der Waals surface area (Å²) < 4.78 is 47.0. The van der Waals surface area contributed by atoms with Crippen LogP contribution in [0.2, 0.25) is 0 Å². The van der Waals surface area contributed by atoms with Crippen LogP contribution >= 0.6 is 0 Å². The van der Waals surface area contributed by atoms with Gasteiger partial charge in [-0.3, -0.25) is 4.79 Å². The van der Waals surface area contributed by atoms with E-state index in [0.29, 0.717) is 0 Å². The predicted octanol–water partition coefficient (Wildman–Crippen LogP) is 3.66. The summed E-state index contributed by atoms with van der Waals surface area (Å²) >= 11 is 0. The van der Waals surface area contributed by atoms with Crippen molar-refractivity contribution in [2.24, 2.45) is 17.3 Å². The van der Waals surface area contributed by atoms with Gasteiger partial charge >= 0.3 is 11.9 Å². The Balaban J connectivity index is 1.92. The third-order valence-corrected chi connectivity index (χ3v) is 4.25.